The van der Waals surface area contributed by atoms with Crippen LogP contribution in [0.5, 0.6) is 0 Å². The number of hydrogen-bond acceptors (Lipinski definition) is 12. The molecule has 2 saturated heterocycles. The van der Waals surface area contributed by atoms with Crippen molar-refractivity contribution in [1.29, 1.82) is 0 Å². The molecule has 0 radical (unpaired) electrons. The highest BCUT2D eigenvalue weighted by Gasteiger charge is 2.44. The highest BCUT2D eigenvalue weighted by atomic mass is 31.3. The largest absolute Gasteiger partial charge is 0.257 e. The van der Waals surface area contributed by atoms with Crippen molar-refractivity contribution in [3.05, 3.63) is 0 Å². The van der Waals surface area contributed by atoms with Crippen LogP contribution in [0.1, 0.15) is 0 Å². The average Bonchev–Trinajstić information content (AvgIpc) is 3.54. The minimum atomic E-state index is -2.39. The first-order valence-corrected chi connectivity index (χ1v) is 15.3. The molecule has 12 nitrogen and oxygen atoms in total. The van der Waals surface area contributed by atoms with Crippen LogP contribution < -0.4 is 30.5 Å². The molecule has 0 amide bonds. The summed E-state index contributed by atoms with van der Waals surface area (Å²) in [7, 11) is 2.10. The average molecular weight is 444 g/mol. The van der Waals surface area contributed by atoms with E-state index in [9.17, 15) is 0 Å². The summed E-state index contributed by atoms with van der Waals surface area (Å²) in [6.45, 7) is 3.95. The van der Waals surface area contributed by atoms with E-state index in [1.54, 1.807) is 0 Å². The summed E-state index contributed by atoms with van der Waals surface area (Å²) in [6, 6.07) is 0. The predicted molar refractivity (Wildman–Crippen MR) is 115 cm³/mol. The van der Waals surface area contributed by atoms with Gasteiger partial charge < -0.3 is 0 Å². The lowest BCUT2D eigenvalue weighted by Gasteiger charge is -2.35. The Kier molecular flexibility index (Phi) is 6.38. The second kappa shape index (κ2) is 7.79. The Hall–Kier alpha value is 0.600. The Morgan fingerprint density at radius 1 is 0.500 bits per heavy atom. The van der Waals surface area contributed by atoms with E-state index in [2.05, 4.69) is 39.9 Å². The van der Waals surface area contributed by atoms with Gasteiger partial charge in [-0.1, -0.05) is 0 Å². The Morgan fingerprint density at radius 3 is 1.00 bits per heavy atom. The van der Waals surface area contributed by atoms with Crippen molar-refractivity contribution in [3.63, 3.8) is 0 Å². The van der Waals surface area contributed by atoms with Crippen molar-refractivity contribution in [2.24, 2.45) is 18.1 Å². The zero-order chi connectivity index (χ0) is 19.1. The molecule has 3 rings (SSSR count). The van der Waals surface area contributed by atoms with Crippen molar-refractivity contribution in [2.75, 3.05) is 68.5 Å². The van der Waals surface area contributed by atoms with Crippen LogP contribution in [-0.2, 0) is 0 Å². The highest BCUT2D eigenvalue weighted by Crippen LogP contribution is 2.75. The smallest absolute Gasteiger partial charge is 0.218 e. The van der Waals surface area contributed by atoms with E-state index in [0.717, 1.165) is 26.2 Å². The summed E-state index contributed by atoms with van der Waals surface area (Å²) in [5.41, 5.74) is 0. The van der Waals surface area contributed by atoms with Gasteiger partial charge in [-0.05, 0) is 42.3 Å². The molecule has 26 heavy (non-hydrogen) atoms. The molecule has 0 aromatic carbocycles. The molecule has 2 fully saturated rings. The van der Waals surface area contributed by atoms with Gasteiger partial charge in [0.15, 0.2) is 0 Å². The van der Waals surface area contributed by atoms with Gasteiger partial charge in [-0.25, -0.2) is 9.34 Å². The van der Waals surface area contributed by atoms with Gasteiger partial charge in [0.1, 0.15) is 0 Å². The van der Waals surface area contributed by atoms with E-state index in [1.165, 1.54) is 0 Å². The van der Waals surface area contributed by atoms with Gasteiger partial charge in [-0.2, -0.15) is 18.1 Å². The molecule has 0 aliphatic carbocycles. The third-order valence-corrected chi connectivity index (χ3v) is 18.7. The summed E-state index contributed by atoms with van der Waals surface area (Å²) in [5.74, 6) is 0. The van der Waals surface area contributed by atoms with Gasteiger partial charge in [0.25, 0.3) is 0 Å². The molecule has 0 bridgehead atoms. The SMILES string of the molecule is CNP1(NC)=N[P@](NC)(N2CC2)=NP(NC)(NC)=N[P@@](NC)(N2CC2)=N1. The van der Waals surface area contributed by atoms with E-state index in [1.807, 2.05) is 42.3 Å². The summed E-state index contributed by atoms with van der Waals surface area (Å²) in [4.78, 5) is 0. The van der Waals surface area contributed by atoms with Crippen molar-refractivity contribution >= 4 is 30.0 Å². The Balaban J connectivity index is 2.40. The molecule has 3 aliphatic heterocycles. The lowest BCUT2D eigenvalue weighted by atomic mass is 11.0. The Labute approximate surface area is 156 Å². The quantitative estimate of drug-likeness (QED) is 0.247. The third kappa shape index (κ3) is 3.73. The van der Waals surface area contributed by atoms with E-state index in [4.69, 9.17) is 18.1 Å². The van der Waals surface area contributed by atoms with Gasteiger partial charge in [-0.15, -0.1) is 0 Å². The first-order chi connectivity index (χ1) is 12.4. The summed E-state index contributed by atoms with van der Waals surface area (Å²) in [6.07, 6.45) is 0. The zero-order valence-corrected chi connectivity index (χ0v) is 19.9. The van der Waals surface area contributed by atoms with Crippen molar-refractivity contribution in [2.45, 2.75) is 0 Å². The van der Waals surface area contributed by atoms with Crippen LogP contribution in [0.25, 0.3) is 0 Å². The van der Waals surface area contributed by atoms with Crippen LogP contribution in [0.4, 0.5) is 0 Å². The molecular formula is C10H32N12P4. The molecule has 152 valence electrons. The van der Waals surface area contributed by atoms with E-state index in [0.29, 0.717) is 0 Å². The number of nitrogens with zero attached hydrogens (tertiary/aromatic N) is 6. The number of nitrogens with one attached hydrogen (secondary N) is 6. The second-order valence-corrected chi connectivity index (χ2v) is 17.3. The fourth-order valence-electron chi connectivity index (χ4n) is 2.71. The first kappa shape index (κ1) is 21.3. The number of hydrogen-bond donors (Lipinski definition) is 6. The van der Waals surface area contributed by atoms with Gasteiger partial charge in [0, 0.05) is 26.2 Å². The molecular weight excluding hydrogens is 412 g/mol. The Morgan fingerprint density at radius 2 is 0.808 bits per heavy atom. The molecule has 3 heterocycles. The van der Waals surface area contributed by atoms with E-state index < -0.39 is 30.0 Å². The van der Waals surface area contributed by atoms with Gasteiger partial charge in [0.05, 0.1) is 0 Å². The lowest BCUT2D eigenvalue weighted by molar-refractivity contribution is 0.863. The minimum absolute atomic E-state index is 0.987. The van der Waals surface area contributed by atoms with E-state index in [-0.39, 0.29) is 0 Å². The summed E-state index contributed by atoms with van der Waals surface area (Å²) >= 11 is 0. The maximum absolute atomic E-state index is 5.29. The highest BCUT2D eigenvalue weighted by molar-refractivity contribution is 7.83. The Bertz CT molecular complexity index is 686. The molecule has 0 aromatic rings. The summed E-state index contributed by atoms with van der Waals surface area (Å²) < 4.78 is 25.8. The molecule has 0 unspecified atom stereocenters. The topological polar surface area (TPSA) is 128 Å². The molecule has 3 aliphatic rings. The molecule has 16 heteroatoms. The maximum Gasteiger partial charge on any atom is 0.218 e. The zero-order valence-electron chi connectivity index (χ0n) is 16.3. The molecule has 0 spiro atoms. The first-order valence-electron chi connectivity index (χ1n) is 8.61. The monoisotopic (exact) mass is 444 g/mol. The maximum atomic E-state index is 5.29. The summed E-state index contributed by atoms with van der Waals surface area (Å²) in [5, 5.41) is 20.4. The number of rotatable bonds is 8. The van der Waals surface area contributed by atoms with Crippen LogP contribution in [-0.4, -0.2) is 77.8 Å². The fraction of sp³-hybridized carbons (Fsp3) is 1.00. The minimum Gasteiger partial charge on any atom is -0.257 e. The predicted octanol–water partition coefficient (Wildman–Crippen LogP) is 1.73. The van der Waals surface area contributed by atoms with Gasteiger partial charge in [0.2, 0.25) is 30.0 Å². The molecule has 2 atom stereocenters. The van der Waals surface area contributed by atoms with Crippen molar-refractivity contribution in [1.82, 2.24) is 39.9 Å². The molecule has 6 N–H and O–H groups in total. The van der Waals surface area contributed by atoms with Gasteiger partial charge in [-0.3, -0.25) is 30.5 Å². The van der Waals surface area contributed by atoms with E-state index >= 15 is 0 Å². The molecule has 0 aromatic heterocycles. The van der Waals surface area contributed by atoms with Crippen LogP contribution in [0.15, 0.2) is 18.1 Å². The van der Waals surface area contributed by atoms with Crippen molar-refractivity contribution in [3.8, 4) is 0 Å². The standard InChI is InChI=1S/C10H32N12P4/c1-11-23(12-2)17-25(15-5,21-7-8-21)19-24(13-3,14-4)20-26(16-6,18-23)22-9-10-22/h11-16H,7-10H2,1-6H3/t25-,26-. The van der Waals surface area contributed by atoms with Gasteiger partial charge >= 0.3 is 0 Å². The second-order valence-electron chi connectivity index (χ2n) is 5.95. The fourth-order valence-corrected chi connectivity index (χ4v) is 18.8. The van der Waals surface area contributed by atoms with Crippen LogP contribution in [0.3, 0.4) is 0 Å². The third-order valence-electron chi connectivity index (χ3n) is 4.50. The van der Waals surface area contributed by atoms with Crippen molar-refractivity contribution < 1.29 is 0 Å². The van der Waals surface area contributed by atoms with Crippen LogP contribution >= 0.6 is 30.0 Å². The normalized spacial score (nSPS) is 35.9. The lowest BCUT2D eigenvalue weighted by Crippen LogP contribution is -2.22. The van der Waals surface area contributed by atoms with Crippen LogP contribution in [0.2, 0.25) is 0 Å². The molecule has 0 saturated carbocycles. The van der Waals surface area contributed by atoms with Crippen LogP contribution in [0, 0.1) is 0 Å².